The van der Waals surface area contributed by atoms with Crippen molar-refractivity contribution >= 4 is 23.5 Å². The highest BCUT2D eigenvalue weighted by molar-refractivity contribution is 6.32. The van der Waals surface area contributed by atoms with Gasteiger partial charge in [0.2, 0.25) is 5.78 Å². The Morgan fingerprint density at radius 3 is 2.48 bits per heavy atom. The molecular formula is C19H16ClNO4. The van der Waals surface area contributed by atoms with E-state index in [0.717, 1.165) is 0 Å². The van der Waals surface area contributed by atoms with Crippen LogP contribution < -0.4 is 14.2 Å². The van der Waals surface area contributed by atoms with Gasteiger partial charge in [-0.15, -0.1) is 0 Å². The van der Waals surface area contributed by atoms with E-state index in [9.17, 15) is 10.1 Å². The quantitative estimate of drug-likeness (QED) is 0.441. The maximum absolute atomic E-state index is 12.6. The van der Waals surface area contributed by atoms with Crippen molar-refractivity contribution in [2.75, 3.05) is 21.3 Å². The molecule has 0 heterocycles. The zero-order valence-electron chi connectivity index (χ0n) is 14.0. The summed E-state index contributed by atoms with van der Waals surface area (Å²) in [6, 6.07) is 11.8. The summed E-state index contributed by atoms with van der Waals surface area (Å²) in [6.45, 7) is 0. The zero-order chi connectivity index (χ0) is 18.4. The molecule has 0 spiro atoms. The van der Waals surface area contributed by atoms with Gasteiger partial charge >= 0.3 is 0 Å². The summed E-state index contributed by atoms with van der Waals surface area (Å²) in [5, 5.41) is 9.70. The molecule has 2 rings (SSSR count). The molecule has 0 unspecified atom stereocenters. The molecule has 2 aromatic carbocycles. The third kappa shape index (κ3) is 4.11. The van der Waals surface area contributed by atoms with Crippen molar-refractivity contribution in [3.05, 3.63) is 58.1 Å². The van der Waals surface area contributed by atoms with Crippen molar-refractivity contribution in [3.63, 3.8) is 0 Å². The van der Waals surface area contributed by atoms with Crippen molar-refractivity contribution in [2.24, 2.45) is 0 Å². The Bertz CT molecular complexity index is 868. The molecule has 0 radical (unpaired) electrons. The highest BCUT2D eigenvalue weighted by Gasteiger charge is 2.15. The van der Waals surface area contributed by atoms with Crippen LogP contribution in [0.25, 0.3) is 6.08 Å². The van der Waals surface area contributed by atoms with Gasteiger partial charge in [0.1, 0.15) is 17.4 Å². The van der Waals surface area contributed by atoms with Gasteiger partial charge in [-0.1, -0.05) is 23.7 Å². The zero-order valence-corrected chi connectivity index (χ0v) is 14.8. The molecule has 128 valence electrons. The lowest BCUT2D eigenvalue weighted by Gasteiger charge is -2.10. The number of nitrogens with zero attached hydrogens (tertiary/aromatic N) is 1. The van der Waals surface area contributed by atoms with Crippen LogP contribution in [0.5, 0.6) is 17.2 Å². The normalized spacial score (nSPS) is 10.8. The molecule has 0 aliphatic rings. The number of allylic oxidation sites excluding steroid dienone is 1. The second kappa shape index (κ2) is 8.22. The number of ether oxygens (including phenoxy) is 3. The lowest BCUT2D eigenvalue weighted by molar-refractivity contribution is 0.103. The van der Waals surface area contributed by atoms with Gasteiger partial charge in [-0.2, -0.15) is 5.26 Å². The van der Waals surface area contributed by atoms with Crippen molar-refractivity contribution < 1.29 is 19.0 Å². The SMILES string of the molecule is COc1cccc(C(=O)/C(C#N)=C/c2cc(Cl)c(OC)c(OC)c2)c1. The fraction of sp³-hybridized carbons (Fsp3) is 0.158. The van der Waals surface area contributed by atoms with E-state index in [0.29, 0.717) is 33.4 Å². The molecule has 0 atom stereocenters. The molecule has 0 bridgehead atoms. The predicted molar refractivity (Wildman–Crippen MR) is 95.5 cm³/mol. The average Bonchev–Trinajstić information content (AvgIpc) is 2.65. The lowest BCUT2D eigenvalue weighted by Crippen LogP contribution is -2.02. The standard InChI is InChI=1S/C19H16ClNO4/c1-23-15-6-4-5-13(10-15)18(22)14(11-21)7-12-8-16(20)19(25-3)17(9-12)24-2/h4-10H,1-3H3/b14-7+. The van der Waals surface area contributed by atoms with Crippen LogP contribution in [-0.4, -0.2) is 27.1 Å². The van der Waals surface area contributed by atoms with Crippen molar-refractivity contribution in [1.29, 1.82) is 5.26 Å². The molecule has 6 heteroatoms. The van der Waals surface area contributed by atoms with E-state index in [2.05, 4.69) is 0 Å². The highest BCUT2D eigenvalue weighted by atomic mass is 35.5. The summed E-state index contributed by atoms with van der Waals surface area (Å²) in [4.78, 5) is 12.6. The minimum Gasteiger partial charge on any atom is -0.497 e. The molecule has 0 aromatic heterocycles. The smallest absolute Gasteiger partial charge is 0.203 e. The van der Waals surface area contributed by atoms with E-state index in [-0.39, 0.29) is 5.57 Å². The van der Waals surface area contributed by atoms with Gasteiger partial charge in [0.15, 0.2) is 11.5 Å². The molecule has 0 saturated carbocycles. The van der Waals surface area contributed by atoms with E-state index < -0.39 is 5.78 Å². The summed E-state index contributed by atoms with van der Waals surface area (Å²) >= 11 is 6.16. The second-order valence-electron chi connectivity index (χ2n) is 4.97. The Labute approximate surface area is 151 Å². The molecule has 0 aliphatic carbocycles. The third-order valence-electron chi connectivity index (χ3n) is 3.46. The molecule has 0 N–H and O–H groups in total. The second-order valence-corrected chi connectivity index (χ2v) is 5.38. The maximum Gasteiger partial charge on any atom is 0.203 e. The summed E-state index contributed by atoms with van der Waals surface area (Å²) in [5.74, 6) is 0.927. The summed E-state index contributed by atoms with van der Waals surface area (Å²) in [5.41, 5.74) is 0.880. The third-order valence-corrected chi connectivity index (χ3v) is 3.74. The van der Waals surface area contributed by atoms with Crippen molar-refractivity contribution in [1.82, 2.24) is 0 Å². The summed E-state index contributed by atoms with van der Waals surface area (Å²) < 4.78 is 15.5. The molecular weight excluding hydrogens is 342 g/mol. The van der Waals surface area contributed by atoms with E-state index >= 15 is 0 Å². The van der Waals surface area contributed by atoms with Gasteiger partial charge in [0, 0.05) is 5.56 Å². The predicted octanol–water partition coefficient (Wildman–Crippen LogP) is 4.16. The molecule has 0 amide bonds. The lowest BCUT2D eigenvalue weighted by atomic mass is 10.0. The number of benzene rings is 2. The van der Waals surface area contributed by atoms with Crippen LogP contribution in [0.3, 0.4) is 0 Å². The number of hydrogen-bond acceptors (Lipinski definition) is 5. The average molecular weight is 358 g/mol. The first-order chi connectivity index (χ1) is 12.0. The van der Waals surface area contributed by atoms with Gasteiger partial charge in [-0.3, -0.25) is 4.79 Å². The number of carbonyl (C=O) groups excluding carboxylic acids is 1. The Balaban J connectivity index is 2.45. The number of methoxy groups -OCH3 is 3. The Kier molecular flexibility index (Phi) is 6.04. The number of Topliss-reactive ketones (excluding diaryl/α,β-unsaturated/α-hetero) is 1. The van der Waals surface area contributed by atoms with Crippen molar-refractivity contribution in [2.45, 2.75) is 0 Å². The number of rotatable bonds is 6. The van der Waals surface area contributed by atoms with Crippen LogP contribution in [0.15, 0.2) is 42.0 Å². The highest BCUT2D eigenvalue weighted by Crippen LogP contribution is 2.36. The van der Waals surface area contributed by atoms with Crippen LogP contribution >= 0.6 is 11.6 Å². The molecule has 25 heavy (non-hydrogen) atoms. The number of carbonyl (C=O) groups is 1. The fourth-order valence-corrected chi connectivity index (χ4v) is 2.55. The first kappa shape index (κ1) is 18.4. The molecule has 0 saturated heterocycles. The van der Waals surface area contributed by atoms with E-state index in [1.807, 2.05) is 6.07 Å². The minimum atomic E-state index is -0.410. The number of nitriles is 1. The number of halogens is 1. The number of hydrogen-bond donors (Lipinski definition) is 0. The Morgan fingerprint density at radius 2 is 1.88 bits per heavy atom. The van der Waals surface area contributed by atoms with Crippen LogP contribution in [0.2, 0.25) is 5.02 Å². The van der Waals surface area contributed by atoms with E-state index in [1.165, 1.54) is 27.4 Å². The summed E-state index contributed by atoms with van der Waals surface area (Å²) in [7, 11) is 4.47. The monoisotopic (exact) mass is 357 g/mol. The van der Waals surface area contributed by atoms with E-state index in [4.69, 9.17) is 25.8 Å². The van der Waals surface area contributed by atoms with Crippen LogP contribution in [-0.2, 0) is 0 Å². The molecule has 0 aliphatic heterocycles. The summed E-state index contributed by atoms with van der Waals surface area (Å²) in [6.07, 6.45) is 1.45. The Hall–Kier alpha value is -2.97. The van der Waals surface area contributed by atoms with Crippen LogP contribution in [0.1, 0.15) is 15.9 Å². The van der Waals surface area contributed by atoms with Gasteiger partial charge in [0.25, 0.3) is 0 Å². The first-order valence-electron chi connectivity index (χ1n) is 7.26. The molecule has 0 fully saturated rings. The van der Waals surface area contributed by atoms with Gasteiger partial charge < -0.3 is 14.2 Å². The minimum absolute atomic E-state index is 0.0310. The van der Waals surface area contributed by atoms with E-state index in [1.54, 1.807) is 36.4 Å². The molecule has 2 aromatic rings. The first-order valence-corrected chi connectivity index (χ1v) is 7.64. The Morgan fingerprint density at radius 1 is 1.12 bits per heavy atom. The fourth-order valence-electron chi connectivity index (χ4n) is 2.26. The van der Waals surface area contributed by atoms with Gasteiger partial charge in [-0.05, 0) is 35.9 Å². The van der Waals surface area contributed by atoms with Gasteiger partial charge in [-0.25, -0.2) is 0 Å². The largest absolute Gasteiger partial charge is 0.497 e. The molecule has 5 nitrogen and oxygen atoms in total. The van der Waals surface area contributed by atoms with Crippen LogP contribution in [0, 0.1) is 11.3 Å². The van der Waals surface area contributed by atoms with Crippen LogP contribution in [0.4, 0.5) is 0 Å². The van der Waals surface area contributed by atoms with Gasteiger partial charge in [0.05, 0.1) is 26.4 Å². The van der Waals surface area contributed by atoms with Crippen molar-refractivity contribution in [3.8, 4) is 23.3 Å². The number of ketones is 1. The topological polar surface area (TPSA) is 68.6 Å². The maximum atomic E-state index is 12.6.